The van der Waals surface area contributed by atoms with Crippen LogP contribution in [-0.2, 0) is 13.9 Å². The van der Waals surface area contributed by atoms with Crippen LogP contribution in [0.4, 0.5) is 0 Å². The van der Waals surface area contributed by atoms with Crippen LogP contribution < -0.4 is 5.32 Å². The van der Waals surface area contributed by atoms with E-state index >= 15 is 0 Å². The number of hydrogen-bond acceptors (Lipinski definition) is 3. The maximum absolute atomic E-state index is 10.8. The summed E-state index contributed by atoms with van der Waals surface area (Å²) < 4.78 is 20.3. The lowest BCUT2D eigenvalue weighted by Gasteiger charge is -2.02. The summed E-state index contributed by atoms with van der Waals surface area (Å²) in [5.41, 5.74) is -0.568. The Morgan fingerprint density at radius 2 is 1.91 bits per heavy atom. The van der Waals surface area contributed by atoms with Gasteiger partial charge < -0.3 is 5.32 Å². The van der Waals surface area contributed by atoms with E-state index in [0.29, 0.717) is 5.57 Å². The SMILES string of the molecule is C=C(C)C(=O)NC(P=O)P=O. The third kappa shape index (κ3) is 3.97. The van der Waals surface area contributed by atoms with E-state index in [1.165, 1.54) is 6.92 Å². The van der Waals surface area contributed by atoms with Crippen molar-refractivity contribution in [3.05, 3.63) is 12.2 Å². The maximum Gasteiger partial charge on any atom is 0.247 e. The summed E-state index contributed by atoms with van der Waals surface area (Å²) in [6, 6.07) is 0. The van der Waals surface area contributed by atoms with E-state index in [9.17, 15) is 13.9 Å². The highest BCUT2D eigenvalue weighted by Gasteiger charge is 2.11. The van der Waals surface area contributed by atoms with Crippen molar-refractivity contribution in [2.75, 3.05) is 0 Å². The minimum atomic E-state index is -0.862. The zero-order chi connectivity index (χ0) is 8.85. The van der Waals surface area contributed by atoms with Crippen LogP contribution >= 0.6 is 16.9 Å². The summed E-state index contributed by atoms with van der Waals surface area (Å²) in [5.74, 6) is -0.443. The Kier molecular flexibility index (Phi) is 4.84. The molecule has 0 aromatic heterocycles. The normalized spacial score (nSPS) is 12.8. The Labute approximate surface area is 67.5 Å². The first kappa shape index (κ1) is 10.4. The number of amides is 1. The Bertz CT molecular complexity index is 196. The maximum atomic E-state index is 10.8. The predicted octanol–water partition coefficient (Wildman–Crippen LogP) is 1.55. The van der Waals surface area contributed by atoms with E-state index < -0.39 is 11.4 Å². The van der Waals surface area contributed by atoms with Crippen molar-refractivity contribution >= 4 is 22.8 Å². The van der Waals surface area contributed by atoms with Gasteiger partial charge in [0, 0.05) is 5.57 Å². The van der Waals surface area contributed by atoms with Gasteiger partial charge in [0.2, 0.25) is 5.91 Å². The molecule has 1 amide bonds. The van der Waals surface area contributed by atoms with Crippen molar-refractivity contribution in [1.82, 2.24) is 5.32 Å². The van der Waals surface area contributed by atoms with Gasteiger partial charge in [0.1, 0.15) is 0 Å². The largest absolute Gasteiger partial charge is 0.329 e. The number of carbonyl (C=O) groups excluding carboxylic acids is 1. The molecule has 11 heavy (non-hydrogen) atoms. The topological polar surface area (TPSA) is 63.2 Å². The molecule has 0 bridgehead atoms. The van der Waals surface area contributed by atoms with Crippen LogP contribution in [0.3, 0.4) is 0 Å². The van der Waals surface area contributed by atoms with Gasteiger partial charge in [-0.15, -0.1) is 0 Å². The van der Waals surface area contributed by atoms with Gasteiger partial charge in [0.15, 0.2) is 22.4 Å². The standard InChI is InChI=1S/C5H7NO3P2/c1-3(2)4(7)6-5(10-8)11-9/h5H,1H2,2H3,(H,6,7). The van der Waals surface area contributed by atoms with Gasteiger partial charge in [-0.2, -0.15) is 0 Å². The first-order valence-electron chi connectivity index (χ1n) is 2.73. The monoisotopic (exact) mass is 191 g/mol. The highest BCUT2D eigenvalue weighted by atomic mass is 31.1. The smallest absolute Gasteiger partial charge is 0.247 e. The lowest BCUT2D eigenvalue weighted by Crippen LogP contribution is -2.27. The number of hydrogen-bond donors (Lipinski definition) is 1. The third-order valence-corrected chi connectivity index (χ3v) is 2.07. The van der Waals surface area contributed by atoms with Gasteiger partial charge in [-0.3, -0.25) is 13.9 Å². The molecule has 4 nitrogen and oxygen atoms in total. The zero-order valence-corrected chi connectivity index (χ0v) is 7.69. The molecule has 0 saturated heterocycles. The van der Waals surface area contributed by atoms with Crippen LogP contribution in [0.2, 0.25) is 0 Å². The molecule has 0 aliphatic rings. The van der Waals surface area contributed by atoms with Crippen LogP contribution in [-0.4, -0.2) is 11.4 Å². The molecule has 0 fully saturated rings. The summed E-state index contributed by atoms with van der Waals surface area (Å²) in [4.78, 5) is 10.8. The van der Waals surface area contributed by atoms with Crippen molar-refractivity contribution in [3.8, 4) is 0 Å². The lowest BCUT2D eigenvalue weighted by atomic mass is 10.3. The molecule has 6 heteroatoms. The van der Waals surface area contributed by atoms with Crippen LogP contribution in [0, 0.1) is 0 Å². The molecule has 0 saturated carbocycles. The van der Waals surface area contributed by atoms with E-state index in [1.54, 1.807) is 0 Å². The summed E-state index contributed by atoms with van der Waals surface area (Å²) >= 11 is 0. The number of rotatable bonds is 4. The van der Waals surface area contributed by atoms with Crippen molar-refractivity contribution in [2.24, 2.45) is 0 Å². The number of nitrogens with one attached hydrogen (secondary N) is 1. The molecule has 1 N–H and O–H groups in total. The minimum Gasteiger partial charge on any atom is -0.329 e. The van der Waals surface area contributed by atoms with E-state index in [0.717, 1.165) is 0 Å². The van der Waals surface area contributed by atoms with Gasteiger partial charge in [0.25, 0.3) is 0 Å². The van der Waals surface area contributed by atoms with Crippen molar-refractivity contribution in [3.63, 3.8) is 0 Å². The molecule has 0 rings (SSSR count). The molecule has 0 aromatic rings. The van der Waals surface area contributed by atoms with Crippen LogP contribution in [0.1, 0.15) is 6.92 Å². The van der Waals surface area contributed by atoms with E-state index in [4.69, 9.17) is 0 Å². The molecule has 0 aliphatic carbocycles. The van der Waals surface area contributed by atoms with Crippen molar-refractivity contribution in [1.29, 1.82) is 0 Å². The fraction of sp³-hybridized carbons (Fsp3) is 0.400. The fourth-order valence-corrected chi connectivity index (χ4v) is 0.806. The van der Waals surface area contributed by atoms with Gasteiger partial charge in [-0.25, -0.2) is 0 Å². The molecule has 0 atom stereocenters. The van der Waals surface area contributed by atoms with E-state index in [1.807, 2.05) is 0 Å². The summed E-state index contributed by atoms with van der Waals surface area (Å²) in [6.07, 6.45) is 0. The Hall–Kier alpha value is -0.590. The second-order valence-corrected chi connectivity index (χ2v) is 3.70. The van der Waals surface area contributed by atoms with Crippen molar-refractivity contribution < 1.29 is 13.9 Å². The summed E-state index contributed by atoms with van der Waals surface area (Å²) in [5, 5.41) is 2.23. The zero-order valence-electron chi connectivity index (χ0n) is 5.90. The highest BCUT2D eigenvalue weighted by molar-refractivity contribution is 7.44. The summed E-state index contributed by atoms with van der Waals surface area (Å²) in [6.45, 7) is 4.86. The van der Waals surface area contributed by atoms with Crippen LogP contribution in [0.25, 0.3) is 0 Å². The molecular weight excluding hydrogens is 184 g/mol. The van der Waals surface area contributed by atoms with Gasteiger partial charge in [-0.1, -0.05) is 6.58 Å². The van der Waals surface area contributed by atoms with Gasteiger partial charge in [0.05, 0.1) is 0 Å². The minimum absolute atomic E-state index is 0.294. The first-order valence-corrected chi connectivity index (χ1v) is 4.49. The van der Waals surface area contributed by atoms with Crippen LogP contribution in [0.5, 0.6) is 0 Å². The van der Waals surface area contributed by atoms with Gasteiger partial charge in [-0.05, 0) is 6.92 Å². The second-order valence-electron chi connectivity index (χ2n) is 1.84. The molecule has 0 radical (unpaired) electrons. The molecule has 0 aliphatic heterocycles. The van der Waals surface area contributed by atoms with Gasteiger partial charge >= 0.3 is 0 Å². The van der Waals surface area contributed by atoms with E-state index in [-0.39, 0.29) is 16.9 Å². The highest BCUT2D eigenvalue weighted by Crippen LogP contribution is 2.15. The lowest BCUT2D eigenvalue weighted by molar-refractivity contribution is -0.117. The molecule has 0 unspecified atom stereocenters. The van der Waals surface area contributed by atoms with Crippen LogP contribution in [0.15, 0.2) is 12.2 Å². The first-order chi connectivity index (χ1) is 5.11. The number of carbonyl (C=O) groups is 1. The Balaban J connectivity index is 4.01. The van der Waals surface area contributed by atoms with E-state index in [2.05, 4.69) is 11.9 Å². The Morgan fingerprint density at radius 3 is 2.18 bits per heavy atom. The second kappa shape index (κ2) is 5.11. The average Bonchev–Trinajstić information content (AvgIpc) is 1.99. The predicted molar refractivity (Wildman–Crippen MR) is 42.0 cm³/mol. The summed E-state index contributed by atoms with van der Waals surface area (Å²) in [7, 11) is -0.746. The molecular formula is C5H7NO3P2. The molecule has 0 spiro atoms. The quantitative estimate of drug-likeness (QED) is 0.541. The van der Waals surface area contributed by atoms with Crippen molar-refractivity contribution in [2.45, 2.75) is 12.4 Å². The average molecular weight is 191 g/mol. The molecule has 0 heterocycles. The fourth-order valence-electron chi connectivity index (χ4n) is 0.312. The molecule has 0 aromatic carbocycles. The molecule has 60 valence electrons. The Morgan fingerprint density at radius 1 is 1.45 bits per heavy atom. The third-order valence-electron chi connectivity index (χ3n) is 0.848.